The third kappa shape index (κ3) is 3.23. The summed E-state index contributed by atoms with van der Waals surface area (Å²) < 4.78 is 13.1. The number of halogens is 1. The van der Waals surface area contributed by atoms with Crippen molar-refractivity contribution in [3.63, 3.8) is 0 Å². The van der Waals surface area contributed by atoms with Gasteiger partial charge in [0.25, 0.3) is 0 Å². The first-order valence-electron chi connectivity index (χ1n) is 5.68. The maximum atomic E-state index is 13.1. The fourth-order valence-electron chi connectivity index (χ4n) is 1.44. The Labute approximate surface area is 114 Å². The predicted molar refractivity (Wildman–Crippen MR) is 76.6 cm³/mol. The zero-order valence-corrected chi connectivity index (χ0v) is 11.9. The Bertz CT molecular complexity index is 538. The van der Waals surface area contributed by atoms with Crippen molar-refractivity contribution in [2.45, 2.75) is 30.4 Å². The number of hydrogen-bond acceptors (Lipinski definition) is 4. The van der Waals surface area contributed by atoms with Crippen LogP contribution in [0.2, 0.25) is 0 Å². The molecule has 18 heavy (non-hydrogen) atoms. The quantitative estimate of drug-likeness (QED) is 0.672. The second-order valence-electron chi connectivity index (χ2n) is 4.30. The Morgan fingerprint density at radius 1 is 1.44 bits per heavy atom. The Morgan fingerprint density at radius 3 is 2.89 bits per heavy atom. The van der Waals surface area contributed by atoms with E-state index in [0.29, 0.717) is 11.6 Å². The van der Waals surface area contributed by atoms with E-state index in [4.69, 9.17) is 5.73 Å². The molecule has 1 heterocycles. The zero-order chi connectivity index (χ0) is 13.1. The van der Waals surface area contributed by atoms with Crippen molar-refractivity contribution in [2.24, 2.45) is 0 Å². The number of nitrogens with zero attached hydrogens (tertiary/aromatic N) is 1. The van der Waals surface area contributed by atoms with Crippen molar-refractivity contribution >= 4 is 28.8 Å². The van der Waals surface area contributed by atoms with Gasteiger partial charge in [-0.15, -0.1) is 23.1 Å². The summed E-state index contributed by atoms with van der Waals surface area (Å²) in [6, 6.07) is 4.44. The summed E-state index contributed by atoms with van der Waals surface area (Å²) in [6.07, 6.45) is 0. The van der Waals surface area contributed by atoms with Crippen LogP contribution < -0.4 is 5.73 Å². The molecule has 0 fully saturated rings. The van der Waals surface area contributed by atoms with Gasteiger partial charge in [-0.25, -0.2) is 9.37 Å². The third-order valence-corrected chi connectivity index (χ3v) is 4.71. The minimum atomic E-state index is -0.257. The first-order valence-corrected chi connectivity index (χ1v) is 7.55. The summed E-state index contributed by atoms with van der Waals surface area (Å²) in [7, 11) is 0. The third-order valence-electron chi connectivity index (χ3n) is 2.41. The number of hydrogen-bond donors (Lipinski definition) is 1. The second kappa shape index (κ2) is 5.71. The van der Waals surface area contributed by atoms with Gasteiger partial charge in [0, 0.05) is 27.6 Å². The zero-order valence-electron chi connectivity index (χ0n) is 10.3. The highest BCUT2D eigenvalue weighted by Gasteiger charge is 2.07. The Kier molecular flexibility index (Phi) is 4.24. The van der Waals surface area contributed by atoms with Gasteiger partial charge in [0.1, 0.15) is 5.82 Å². The van der Waals surface area contributed by atoms with Gasteiger partial charge < -0.3 is 5.73 Å². The molecule has 1 aromatic carbocycles. The lowest BCUT2D eigenvalue weighted by molar-refractivity contribution is 0.624. The second-order valence-corrected chi connectivity index (χ2v) is 6.21. The van der Waals surface area contributed by atoms with Crippen molar-refractivity contribution in [3.05, 3.63) is 40.1 Å². The van der Waals surface area contributed by atoms with Gasteiger partial charge in [-0.3, -0.25) is 0 Å². The molecular weight excluding hydrogens is 267 g/mol. The molecule has 0 unspecified atom stereocenters. The van der Waals surface area contributed by atoms with Crippen molar-refractivity contribution in [3.8, 4) is 0 Å². The number of nitrogens with two attached hydrogens (primary N) is 1. The lowest BCUT2D eigenvalue weighted by atomic mass is 10.2. The average Bonchev–Trinajstić information content (AvgIpc) is 2.79. The van der Waals surface area contributed by atoms with Gasteiger partial charge >= 0.3 is 0 Å². The molecule has 0 saturated carbocycles. The first kappa shape index (κ1) is 13.4. The lowest BCUT2D eigenvalue weighted by Gasteiger charge is -2.04. The molecule has 96 valence electrons. The topological polar surface area (TPSA) is 38.9 Å². The van der Waals surface area contributed by atoms with Crippen molar-refractivity contribution in [1.29, 1.82) is 0 Å². The van der Waals surface area contributed by atoms with Crippen LogP contribution in [0.15, 0.2) is 28.5 Å². The highest BCUT2D eigenvalue weighted by atomic mass is 32.2. The van der Waals surface area contributed by atoms with Gasteiger partial charge in [-0.2, -0.15) is 0 Å². The maximum Gasteiger partial charge on any atom is 0.124 e. The van der Waals surface area contributed by atoms with E-state index in [1.807, 2.05) is 0 Å². The molecule has 5 heteroatoms. The number of nitrogen functional groups attached to an aromatic ring is 1. The number of benzene rings is 1. The first-order chi connectivity index (χ1) is 8.56. The Morgan fingerprint density at radius 2 is 2.22 bits per heavy atom. The molecule has 0 spiro atoms. The highest BCUT2D eigenvalue weighted by molar-refractivity contribution is 7.98. The van der Waals surface area contributed by atoms with E-state index in [9.17, 15) is 4.39 Å². The van der Waals surface area contributed by atoms with E-state index in [1.54, 1.807) is 17.4 Å². The van der Waals surface area contributed by atoms with Crippen LogP contribution in [0, 0.1) is 5.82 Å². The van der Waals surface area contributed by atoms with Crippen LogP contribution in [0.25, 0.3) is 0 Å². The minimum Gasteiger partial charge on any atom is -0.398 e. The van der Waals surface area contributed by atoms with Crippen molar-refractivity contribution in [2.75, 3.05) is 5.73 Å². The molecule has 0 saturated heterocycles. The van der Waals surface area contributed by atoms with Gasteiger partial charge in [0.15, 0.2) is 0 Å². The molecule has 0 aliphatic carbocycles. The SMILES string of the molecule is CC(C)c1nc(CSc2cc(F)ccc2N)cs1. The molecule has 0 aliphatic rings. The molecule has 0 atom stereocenters. The van der Waals surface area contributed by atoms with Gasteiger partial charge in [0.05, 0.1) is 10.7 Å². The molecule has 0 amide bonds. The van der Waals surface area contributed by atoms with Crippen LogP contribution in [0.1, 0.15) is 30.5 Å². The summed E-state index contributed by atoms with van der Waals surface area (Å²) in [5.74, 6) is 0.914. The van der Waals surface area contributed by atoms with E-state index in [-0.39, 0.29) is 5.82 Å². The normalized spacial score (nSPS) is 11.1. The Balaban J connectivity index is 2.04. The van der Waals surface area contributed by atoms with E-state index in [2.05, 4.69) is 24.2 Å². The van der Waals surface area contributed by atoms with Gasteiger partial charge in [-0.1, -0.05) is 13.8 Å². The summed E-state index contributed by atoms with van der Waals surface area (Å²) in [6.45, 7) is 4.25. The molecule has 1 aromatic heterocycles. The number of anilines is 1. The van der Waals surface area contributed by atoms with Crippen LogP contribution in [-0.2, 0) is 5.75 Å². The van der Waals surface area contributed by atoms with Gasteiger partial charge in [0.2, 0.25) is 0 Å². The van der Waals surface area contributed by atoms with E-state index in [0.717, 1.165) is 21.3 Å². The Hall–Kier alpha value is -1.07. The highest BCUT2D eigenvalue weighted by Crippen LogP contribution is 2.30. The molecule has 0 aliphatic heterocycles. The summed E-state index contributed by atoms with van der Waals surface area (Å²) in [5, 5.41) is 3.19. The molecule has 0 bridgehead atoms. The minimum absolute atomic E-state index is 0.257. The standard InChI is InChI=1S/C13H15FN2S2/c1-8(2)13-16-10(7-18-13)6-17-12-5-9(14)3-4-11(12)15/h3-5,7-8H,6,15H2,1-2H3. The van der Waals surface area contributed by atoms with Crippen LogP contribution in [0.4, 0.5) is 10.1 Å². The van der Waals surface area contributed by atoms with Crippen LogP contribution in [0.5, 0.6) is 0 Å². The number of thiazole rings is 1. The summed E-state index contributed by atoms with van der Waals surface area (Å²) in [5.41, 5.74) is 7.44. The van der Waals surface area contributed by atoms with Crippen molar-refractivity contribution < 1.29 is 4.39 Å². The number of aromatic nitrogens is 1. The molecule has 2 nitrogen and oxygen atoms in total. The fraction of sp³-hybridized carbons (Fsp3) is 0.308. The van der Waals surface area contributed by atoms with E-state index >= 15 is 0 Å². The maximum absolute atomic E-state index is 13.1. The largest absolute Gasteiger partial charge is 0.398 e. The molecular formula is C13H15FN2S2. The molecule has 2 aromatic rings. The van der Waals surface area contributed by atoms with Crippen LogP contribution >= 0.6 is 23.1 Å². The molecule has 2 rings (SSSR count). The lowest BCUT2D eigenvalue weighted by Crippen LogP contribution is -1.91. The van der Waals surface area contributed by atoms with Crippen LogP contribution in [-0.4, -0.2) is 4.98 Å². The molecule has 2 N–H and O–H groups in total. The summed E-state index contributed by atoms with van der Waals surface area (Å²) >= 11 is 3.19. The van der Waals surface area contributed by atoms with Crippen LogP contribution in [0.3, 0.4) is 0 Å². The van der Waals surface area contributed by atoms with E-state index < -0.39 is 0 Å². The number of rotatable bonds is 4. The predicted octanol–water partition coefficient (Wildman–Crippen LogP) is 4.28. The smallest absolute Gasteiger partial charge is 0.124 e. The van der Waals surface area contributed by atoms with Gasteiger partial charge in [-0.05, 0) is 18.2 Å². The van der Waals surface area contributed by atoms with Crippen molar-refractivity contribution in [1.82, 2.24) is 4.98 Å². The van der Waals surface area contributed by atoms with E-state index in [1.165, 1.54) is 23.9 Å². The average molecular weight is 282 g/mol. The summed E-state index contributed by atoms with van der Waals surface area (Å²) in [4.78, 5) is 5.31. The number of thioether (sulfide) groups is 1. The molecule has 0 radical (unpaired) electrons. The fourth-order valence-corrected chi connectivity index (χ4v) is 3.26. The monoisotopic (exact) mass is 282 g/mol.